The Kier molecular flexibility index (Phi) is 4.13. The van der Waals surface area contributed by atoms with E-state index < -0.39 is 0 Å². The molecule has 4 aliphatic rings. The molecule has 4 aliphatic carbocycles. The summed E-state index contributed by atoms with van der Waals surface area (Å²) in [5.41, 5.74) is 1.58. The highest BCUT2D eigenvalue weighted by Gasteiger charge is 2.50. The molecular weight excluding hydrogens is 385 g/mol. The largest absolute Gasteiger partial charge is 0.337 e. The Morgan fingerprint density at radius 3 is 2.45 bits per heavy atom. The first-order valence-electron chi connectivity index (χ1n) is 10.7. The van der Waals surface area contributed by atoms with Gasteiger partial charge in [0.05, 0.1) is 11.4 Å². The molecule has 6 heteroatoms. The van der Waals surface area contributed by atoms with Gasteiger partial charge in [0.25, 0.3) is 5.56 Å². The molecule has 7 rings (SSSR count). The molecule has 2 heterocycles. The van der Waals surface area contributed by atoms with Crippen LogP contribution in [0.2, 0.25) is 0 Å². The molecule has 4 nitrogen and oxygen atoms in total. The predicted octanol–water partition coefficient (Wildman–Crippen LogP) is 3.68. The van der Waals surface area contributed by atoms with E-state index in [9.17, 15) is 9.18 Å². The summed E-state index contributed by atoms with van der Waals surface area (Å²) in [5, 5.41) is 5.01. The van der Waals surface area contributed by atoms with Crippen LogP contribution in [0.3, 0.4) is 0 Å². The fraction of sp³-hybridized carbons (Fsp3) is 0.478. The van der Waals surface area contributed by atoms with Gasteiger partial charge in [0, 0.05) is 22.8 Å². The number of halogens is 1. The number of nitrogens with two attached hydrogens (primary N) is 1. The zero-order valence-corrected chi connectivity index (χ0v) is 17.1. The number of H-pyrrole nitrogens is 1. The molecular formula is C23H25FN3OS+. The number of aromatic nitrogens is 2. The highest BCUT2D eigenvalue weighted by atomic mass is 32.1. The topological polar surface area (TPSA) is 62.4 Å². The van der Waals surface area contributed by atoms with E-state index in [4.69, 9.17) is 4.98 Å². The van der Waals surface area contributed by atoms with E-state index in [1.165, 1.54) is 55.6 Å². The Morgan fingerprint density at radius 2 is 1.76 bits per heavy atom. The number of nitrogens with one attached hydrogen (secondary N) is 1. The van der Waals surface area contributed by atoms with Crippen LogP contribution in [-0.4, -0.2) is 16.0 Å². The van der Waals surface area contributed by atoms with Crippen LogP contribution < -0.4 is 10.9 Å². The van der Waals surface area contributed by atoms with Crippen LogP contribution in [0.5, 0.6) is 0 Å². The molecule has 0 unspecified atom stereocenters. The maximum absolute atomic E-state index is 13.2. The van der Waals surface area contributed by atoms with Crippen LogP contribution in [0, 0.1) is 29.5 Å². The average Bonchev–Trinajstić information content (AvgIpc) is 3.12. The highest BCUT2D eigenvalue weighted by Crippen LogP contribution is 2.52. The van der Waals surface area contributed by atoms with Crippen LogP contribution in [0.15, 0.2) is 34.4 Å². The minimum Gasteiger partial charge on any atom is -0.337 e. The lowest BCUT2D eigenvalue weighted by Crippen LogP contribution is -2.93. The van der Waals surface area contributed by atoms with Gasteiger partial charge in [0.2, 0.25) is 0 Å². The average molecular weight is 411 g/mol. The van der Waals surface area contributed by atoms with Crippen LogP contribution in [0.4, 0.5) is 4.39 Å². The smallest absolute Gasteiger partial charge is 0.260 e. The van der Waals surface area contributed by atoms with Gasteiger partial charge < -0.3 is 10.3 Å². The van der Waals surface area contributed by atoms with Crippen LogP contribution in [-0.2, 0) is 6.54 Å². The number of quaternary nitrogens is 1. The van der Waals surface area contributed by atoms with Crippen molar-refractivity contribution in [3.05, 3.63) is 51.6 Å². The molecule has 4 saturated carbocycles. The third-order valence-corrected chi connectivity index (χ3v) is 8.40. The predicted molar refractivity (Wildman–Crippen MR) is 112 cm³/mol. The van der Waals surface area contributed by atoms with E-state index in [0.29, 0.717) is 11.4 Å². The minimum atomic E-state index is -0.275. The van der Waals surface area contributed by atoms with Crippen LogP contribution >= 0.6 is 11.3 Å². The summed E-state index contributed by atoms with van der Waals surface area (Å²) in [5.74, 6) is 4.16. The van der Waals surface area contributed by atoms with Gasteiger partial charge in [-0.1, -0.05) is 12.1 Å². The summed E-state index contributed by atoms with van der Waals surface area (Å²) in [4.78, 5) is 21.4. The van der Waals surface area contributed by atoms with Gasteiger partial charge in [0.15, 0.2) is 5.82 Å². The van der Waals surface area contributed by atoms with Crippen molar-refractivity contribution in [2.45, 2.75) is 44.7 Å². The Bertz CT molecular complexity index is 1090. The van der Waals surface area contributed by atoms with Crippen LogP contribution in [0.1, 0.15) is 37.9 Å². The van der Waals surface area contributed by atoms with Crippen LogP contribution in [0.25, 0.3) is 21.3 Å². The number of hydrogen-bond donors (Lipinski definition) is 2. The molecule has 4 bridgehead atoms. The molecule has 0 aliphatic heterocycles. The van der Waals surface area contributed by atoms with Gasteiger partial charge in [0.1, 0.15) is 17.2 Å². The second-order valence-electron chi connectivity index (χ2n) is 9.30. The second-order valence-corrected chi connectivity index (χ2v) is 10.2. The number of aromatic amines is 1. The lowest BCUT2D eigenvalue weighted by Gasteiger charge is -2.52. The van der Waals surface area contributed by atoms with Gasteiger partial charge in [-0.15, -0.1) is 11.3 Å². The molecule has 0 saturated heterocycles. The lowest BCUT2D eigenvalue weighted by molar-refractivity contribution is -0.724. The summed E-state index contributed by atoms with van der Waals surface area (Å²) in [6.07, 6.45) is 7.10. The summed E-state index contributed by atoms with van der Waals surface area (Å²) < 4.78 is 13.2. The normalized spacial score (nSPS) is 30.3. The molecule has 2 aromatic heterocycles. The van der Waals surface area contributed by atoms with E-state index in [1.54, 1.807) is 12.1 Å². The zero-order chi connectivity index (χ0) is 19.5. The van der Waals surface area contributed by atoms with E-state index in [0.717, 1.165) is 52.0 Å². The van der Waals surface area contributed by atoms with E-state index in [-0.39, 0.29) is 11.4 Å². The Morgan fingerprint density at radius 1 is 1.07 bits per heavy atom. The third kappa shape index (κ3) is 3.04. The standard InChI is InChI=1S/C23H24FN3OS/c24-17-3-1-14(2-4-17)18-11-29-23-20(18)22(28)26-19(27-23)10-25-21-15-6-12-5-13(8-15)9-16(21)7-12/h1-4,11-13,15-16,21,25H,5-10H2,(H,26,27,28)/p+1. The van der Waals surface area contributed by atoms with Gasteiger partial charge in [-0.2, -0.15) is 0 Å². The van der Waals surface area contributed by atoms with E-state index in [1.807, 2.05) is 5.38 Å². The van der Waals surface area contributed by atoms with Crippen molar-refractivity contribution in [2.75, 3.05) is 0 Å². The molecule has 3 N–H and O–H groups in total. The van der Waals surface area contributed by atoms with Gasteiger partial charge in [-0.25, -0.2) is 9.37 Å². The van der Waals surface area contributed by atoms with Crippen molar-refractivity contribution in [3.63, 3.8) is 0 Å². The molecule has 150 valence electrons. The van der Waals surface area contributed by atoms with Crippen molar-refractivity contribution in [3.8, 4) is 11.1 Å². The molecule has 1 aromatic carbocycles. The van der Waals surface area contributed by atoms with Crippen molar-refractivity contribution >= 4 is 21.6 Å². The van der Waals surface area contributed by atoms with Crippen molar-refractivity contribution in [1.29, 1.82) is 0 Å². The fourth-order valence-electron chi connectivity index (χ4n) is 6.53. The summed E-state index contributed by atoms with van der Waals surface area (Å²) in [6, 6.07) is 6.97. The zero-order valence-electron chi connectivity index (χ0n) is 16.2. The van der Waals surface area contributed by atoms with Crippen molar-refractivity contribution < 1.29 is 9.71 Å². The van der Waals surface area contributed by atoms with Gasteiger partial charge in [-0.3, -0.25) is 4.79 Å². The third-order valence-electron chi connectivity index (χ3n) is 7.53. The summed E-state index contributed by atoms with van der Waals surface area (Å²) >= 11 is 1.49. The maximum atomic E-state index is 13.2. The molecule has 0 spiro atoms. The monoisotopic (exact) mass is 410 g/mol. The van der Waals surface area contributed by atoms with Gasteiger partial charge >= 0.3 is 0 Å². The number of thiophene rings is 1. The first-order valence-corrected chi connectivity index (χ1v) is 11.6. The minimum absolute atomic E-state index is 0.0935. The molecule has 0 radical (unpaired) electrons. The quantitative estimate of drug-likeness (QED) is 0.689. The summed E-state index contributed by atoms with van der Waals surface area (Å²) in [7, 11) is 0. The maximum Gasteiger partial charge on any atom is 0.260 e. The number of fused-ring (bicyclic) bond motifs is 1. The number of benzene rings is 1. The number of hydrogen-bond acceptors (Lipinski definition) is 3. The SMILES string of the molecule is O=c1[nH]c(C[NH2+]C2C3CC4CC(C3)CC2C4)nc2scc(-c3ccc(F)cc3)c12. The molecule has 29 heavy (non-hydrogen) atoms. The first kappa shape index (κ1) is 17.8. The summed E-state index contributed by atoms with van der Waals surface area (Å²) in [6.45, 7) is 0.738. The van der Waals surface area contributed by atoms with Crippen molar-refractivity contribution in [2.24, 2.45) is 23.7 Å². The Hall–Kier alpha value is -2.05. The Balaban J connectivity index is 1.25. The fourth-order valence-corrected chi connectivity index (χ4v) is 7.50. The highest BCUT2D eigenvalue weighted by molar-refractivity contribution is 7.17. The van der Waals surface area contributed by atoms with E-state index in [2.05, 4.69) is 10.3 Å². The lowest BCUT2D eigenvalue weighted by atomic mass is 9.54. The van der Waals surface area contributed by atoms with Gasteiger partial charge in [-0.05, 0) is 61.6 Å². The molecule has 3 aromatic rings. The first-order chi connectivity index (χ1) is 14.1. The molecule has 4 fully saturated rings. The van der Waals surface area contributed by atoms with Crippen molar-refractivity contribution in [1.82, 2.24) is 9.97 Å². The number of nitrogens with zero attached hydrogens (tertiary/aromatic N) is 1. The molecule has 0 amide bonds. The number of rotatable bonds is 4. The molecule has 0 atom stereocenters. The van der Waals surface area contributed by atoms with E-state index >= 15 is 0 Å². The Labute approximate surface area is 172 Å². The second kappa shape index (κ2) is 6.74.